The number of aromatic nitrogens is 2. The van der Waals surface area contributed by atoms with Crippen LogP contribution < -0.4 is 5.32 Å². The van der Waals surface area contributed by atoms with E-state index in [1.165, 1.54) is 15.4 Å². The van der Waals surface area contributed by atoms with Crippen molar-refractivity contribution in [2.45, 2.75) is 46.6 Å². The van der Waals surface area contributed by atoms with E-state index < -0.39 is 0 Å². The van der Waals surface area contributed by atoms with E-state index in [4.69, 9.17) is 0 Å². The van der Waals surface area contributed by atoms with E-state index in [0.29, 0.717) is 6.04 Å². The van der Waals surface area contributed by atoms with Gasteiger partial charge in [0, 0.05) is 29.2 Å². The maximum absolute atomic E-state index is 4.66. The predicted octanol–water partition coefficient (Wildman–Crippen LogP) is 3.75. The molecule has 0 aliphatic carbocycles. The highest BCUT2D eigenvalue weighted by Crippen LogP contribution is 2.23. The summed E-state index contributed by atoms with van der Waals surface area (Å²) in [7, 11) is 0. The second-order valence-corrected chi connectivity index (χ2v) is 6.48. The van der Waals surface area contributed by atoms with Gasteiger partial charge in [-0.05, 0) is 45.4 Å². The van der Waals surface area contributed by atoms with Crippen LogP contribution in [0.4, 0.5) is 0 Å². The topological polar surface area (TPSA) is 37.8 Å². The average Bonchev–Trinajstić information content (AvgIpc) is 2.74. The number of hydrogen-bond donors (Lipinski definition) is 1. The van der Waals surface area contributed by atoms with E-state index in [1.807, 2.05) is 13.1 Å². The summed E-state index contributed by atoms with van der Waals surface area (Å²) in [6, 6.07) is 4.55. The fraction of sp³-hybridized carbons (Fsp3) is 0.500. The summed E-state index contributed by atoms with van der Waals surface area (Å²) in [5.74, 6) is 0. The minimum absolute atomic E-state index is 0.299. The Morgan fingerprint density at radius 2 is 2.05 bits per heavy atom. The van der Waals surface area contributed by atoms with Gasteiger partial charge in [0.15, 0.2) is 0 Å². The van der Waals surface area contributed by atoms with Gasteiger partial charge in [-0.1, -0.05) is 13.0 Å². The molecule has 2 aromatic rings. The lowest BCUT2D eigenvalue weighted by Gasteiger charge is -2.17. The molecule has 1 N–H and O–H groups in total. The number of rotatable bonds is 6. The molecule has 0 radical (unpaired) electrons. The van der Waals surface area contributed by atoms with Gasteiger partial charge in [0.25, 0.3) is 0 Å². The van der Waals surface area contributed by atoms with Gasteiger partial charge in [0.2, 0.25) is 0 Å². The van der Waals surface area contributed by atoms with Gasteiger partial charge < -0.3 is 5.32 Å². The normalized spacial score (nSPS) is 12.6. The first-order valence-electron chi connectivity index (χ1n) is 7.19. The number of thiazole rings is 1. The first-order chi connectivity index (χ1) is 9.60. The van der Waals surface area contributed by atoms with Gasteiger partial charge >= 0.3 is 0 Å². The molecule has 0 amide bonds. The minimum atomic E-state index is 0.299. The second-order valence-electron chi connectivity index (χ2n) is 5.19. The van der Waals surface area contributed by atoms with E-state index in [9.17, 15) is 0 Å². The summed E-state index contributed by atoms with van der Waals surface area (Å²) in [6.45, 7) is 9.44. The van der Waals surface area contributed by atoms with Crippen molar-refractivity contribution in [1.82, 2.24) is 15.3 Å². The fourth-order valence-electron chi connectivity index (χ4n) is 2.11. The van der Waals surface area contributed by atoms with Crippen LogP contribution in [-0.2, 0) is 6.42 Å². The molecule has 0 saturated carbocycles. The van der Waals surface area contributed by atoms with Crippen molar-refractivity contribution in [2.75, 3.05) is 6.54 Å². The Morgan fingerprint density at radius 3 is 2.60 bits per heavy atom. The first kappa shape index (κ1) is 15.1. The Hall–Kier alpha value is -1.26. The van der Waals surface area contributed by atoms with Crippen LogP contribution in [0.15, 0.2) is 18.3 Å². The third-order valence-electron chi connectivity index (χ3n) is 3.43. The lowest BCUT2D eigenvalue weighted by Crippen LogP contribution is -2.24. The molecule has 0 bridgehead atoms. The maximum Gasteiger partial charge on any atom is 0.0949 e. The van der Waals surface area contributed by atoms with Crippen LogP contribution in [0.1, 0.15) is 46.2 Å². The third-order valence-corrected chi connectivity index (χ3v) is 4.52. The second kappa shape index (κ2) is 6.95. The Balaban J connectivity index is 2.16. The molecule has 1 atom stereocenters. The van der Waals surface area contributed by atoms with Gasteiger partial charge in [-0.25, -0.2) is 4.98 Å². The highest BCUT2D eigenvalue weighted by atomic mass is 32.1. The van der Waals surface area contributed by atoms with Crippen LogP contribution in [0, 0.1) is 20.8 Å². The van der Waals surface area contributed by atoms with Crippen LogP contribution in [0.25, 0.3) is 0 Å². The number of aryl methyl sites for hydroxylation is 3. The van der Waals surface area contributed by atoms with Gasteiger partial charge in [0.1, 0.15) is 0 Å². The summed E-state index contributed by atoms with van der Waals surface area (Å²) in [5, 5.41) is 4.81. The Labute approximate surface area is 125 Å². The summed E-state index contributed by atoms with van der Waals surface area (Å²) >= 11 is 1.80. The van der Waals surface area contributed by atoms with Crippen molar-refractivity contribution < 1.29 is 0 Å². The molecule has 3 nitrogen and oxygen atoms in total. The molecule has 0 saturated heterocycles. The molecule has 4 heteroatoms. The van der Waals surface area contributed by atoms with Crippen LogP contribution >= 0.6 is 11.3 Å². The zero-order valence-corrected chi connectivity index (χ0v) is 13.5. The SMILES string of the molecule is CCCNC(Cc1nc(C)c(C)s1)c1ccc(C)nc1. The summed E-state index contributed by atoms with van der Waals surface area (Å²) < 4.78 is 0. The van der Waals surface area contributed by atoms with E-state index >= 15 is 0 Å². The number of nitrogens with one attached hydrogen (secondary N) is 1. The zero-order chi connectivity index (χ0) is 14.5. The Kier molecular flexibility index (Phi) is 5.26. The van der Waals surface area contributed by atoms with Crippen LogP contribution in [0.2, 0.25) is 0 Å². The van der Waals surface area contributed by atoms with Crippen molar-refractivity contribution >= 4 is 11.3 Å². The smallest absolute Gasteiger partial charge is 0.0949 e. The van der Waals surface area contributed by atoms with E-state index in [1.54, 1.807) is 11.3 Å². The molecule has 2 aromatic heterocycles. The number of nitrogens with zero attached hydrogens (tertiary/aromatic N) is 2. The molecular formula is C16H23N3S. The van der Waals surface area contributed by atoms with Crippen molar-refractivity contribution in [1.29, 1.82) is 0 Å². The molecular weight excluding hydrogens is 266 g/mol. The van der Waals surface area contributed by atoms with Crippen molar-refractivity contribution in [3.05, 3.63) is 45.2 Å². The monoisotopic (exact) mass is 289 g/mol. The summed E-state index contributed by atoms with van der Waals surface area (Å²) in [5.41, 5.74) is 3.46. The lowest BCUT2D eigenvalue weighted by molar-refractivity contribution is 0.526. The standard InChI is InChI=1S/C16H23N3S/c1-5-8-17-15(14-7-6-11(2)18-10-14)9-16-19-12(3)13(4)20-16/h6-7,10,15,17H,5,8-9H2,1-4H3. The third kappa shape index (κ3) is 3.87. The molecule has 2 heterocycles. The van der Waals surface area contributed by atoms with Crippen LogP contribution in [0.5, 0.6) is 0 Å². The van der Waals surface area contributed by atoms with E-state index in [-0.39, 0.29) is 0 Å². The van der Waals surface area contributed by atoms with Crippen molar-refractivity contribution in [2.24, 2.45) is 0 Å². The molecule has 1 unspecified atom stereocenters. The number of pyridine rings is 1. The highest BCUT2D eigenvalue weighted by Gasteiger charge is 2.15. The van der Waals surface area contributed by atoms with Gasteiger partial charge in [-0.2, -0.15) is 0 Å². The van der Waals surface area contributed by atoms with Crippen LogP contribution in [0.3, 0.4) is 0 Å². The van der Waals surface area contributed by atoms with Crippen LogP contribution in [-0.4, -0.2) is 16.5 Å². The molecule has 0 aliphatic heterocycles. The fourth-order valence-corrected chi connectivity index (χ4v) is 3.09. The molecule has 0 fully saturated rings. The lowest BCUT2D eigenvalue weighted by atomic mass is 10.1. The maximum atomic E-state index is 4.66. The Bertz CT molecular complexity index is 526. The molecule has 0 aromatic carbocycles. The van der Waals surface area contributed by atoms with Gasteiger partial charge in [0.05, 0.1) is 10.7 Å². The van der Waals surface area contributed by atoms with Crippen molar-refractivity contribution in [3.8, 4) is 0 Å². The molecule has 0 spiro atoms. The molecule has 20 heavy (non-hydrogen) atoms. The predicted molar refractivity (Wildman–Crippen MR) is 85.3 cm³/mol. The summed E-state index contributed by atoms with van der Waals surface area (Å²) in [6.07, 6.45) is 4.05. The highest BCUT2D eigenvalue weighted by molar-refractivity contribution is 7.11. The molecule has 108 valence electrons. The average molecular weight is 289 g/mol. The Morgan fingerprint density at radius 1 is 1.25 bits per heavy atom. The molecule has 0 aliphatic rings. The van der Waals surface area contributed by atoms with Crippen molar-refractivity contribution in [3.63, 3.8) is 0 Å². The number of hydrogen-bond acceptors (Lipinski definition) is 4. The zero-order valence-electron chi connectivity index (χ0n) is 12.7. The first-order valence-corrected chi connectivity index (χ1v) is 8.00. The van der Waals surface area contributed by atoms with E-state index in [2.05, 4.69) is 48.2 Å². The minimum Gasteiger partial charge on any atom is -0.310 e. The van der Waals surface area contributed by atoms with Gasteiger partial charge in [-0.3, -0.25) is 4.98 Å². The molecule has 2 rings (SSSR count). The quantitative estimate of drug-likeness (QED) is 0.880. The summed E-state index contributed by atoms with van der Waals surface area (Å²) in [4.78, 5) is 10.4. The van der Waals surface area contributed by atoms with E-state index in [0.717, 1.165) is 30.8 Å². The largest absolute Gasteiger partial charge is 0.310 e. The van der Waals surface area contributed by atoms with Gasteiger partial charge in [-0.15, -0.1) is 11.3 Å².